The first-order valence-corrected chi connectivity index (χ1v) is 10.5. The zero-order valence-electron chi connectivity index (χ0n) is 15.7. The van der Waals surface area contributed by atoms with Gasteiger partial charge in [-0.1, -0.05) is 23.7 Å². The Labute approximate surface area is 173 Å². The van der Waals surface area contributed by atoms with E-state index >= 15 is 0 Å². The van der Waals surface area contributed by atoms with Gasteiger partial charge in [0.25, 0.3) is 15.9 Å². The topological polar surface area (TPSA) is 75.3 Å². The molecule has 150 valence electrons. The summed E-state index contributed by atoms with van der Waals surface area (Å²) >= 11 is 6.09. The van der Waals surface area contributed by atoms with Crippen LogP contribution in [0.1, 0.15) is 21.5 Å². The lowest BCUT2D eigenvalue weighted by Crippen LogP contribution is -2.16. The van der Waals surface area contributed by atoms with E-state index in [9.17, 15) is 17.6 Å². The van der Waals surface area contributed by atoms with Crippen LogP contribution in [0.2, 0.25) is 5.02 Å². The summed E-state index contributed by atoms with van der Waals surface area (Å²) in [5.41, 5.74) is 2.67. The number of amides is 1. The lowest BCUT2D eigenvalue weighted by atomic mass is 10.1. The van der Waals surface area contributed by atoms with Crippen LogP contribution in [0.15, 0.2) is 65.6 Å². The fourth-order valence-electron chi connectivity index (χ4n) is 2.64. The van der Waals surface area contributed by atoms with Gasteiger partial charge in [-0.05, 0) is 73.5 Å². The van der Waals surface area contributed by atoms with Crippen LogP contribution in [0.5, 0.6) is 0 Å². The lowest BCUT2D eigenvalue weighted by molar-refractivity contribution is 0.102. The first-order chi connectivity index (χ1) is 13.7. The summed E-state index contributed by atoms with van der Waals surface area (Å²) in [5, 5.41) is 2.50. The molecule has 0 aliphatic heterocycles. The molecule has 0 unspecified atom stereocenters. The number of nitrogens with one attached hydrogen (secondary N) is 2. The van der Waals surface area contributed by atoms with E-state index in [1.54, 1.807) is 18.2 Å². The fourth-order valence-corrected chi connectivity index (χ4v) is 4.21. The number of carbonyl (C=O) groups excluding carboxylic acids is 1. The van der Waals surface area contributed by atoms with Crippen LogP contribution in [-0.4, -0.2) is 14.3 Å². The van der Waals surface area contributed by atoms with Gasteiger partial charge in [-0.3, -0.25) is 9.52 Å². The van der Waals surface area contributed by atoms with Crippen molar-refractivity contribution in [2.45, 2.75) is 18.7 Å². The Balaban J connectivity index is 1.89. The number of benzene rings is 3. The largest absolute Gasteiger partial charge is 0.322 e. The number of aryl methyl sites for hydroxylation is 2. The maximum Gasteiger partial charge on any atom is 0.263 e. The minimum Gasteiger partial charge on any atom is -0.322 e. The van der Waals surface area contributed by atoms with Gasteiger partial charge in [0.05, 0.1) is 5.02 Å². The predicted octanol–water partition coefficient (Wildman–Crippen LogP) is 5.15. The molecule has 8 heteroatoms. The van der Waals surface area contributed by atoms with E-state index in [2.05, 4.69) is 10.0 Å². The number of anilines is 2. The second-order valence-electron chi connectivity index (χ2n) is 6.51. The molecule has 0 atom stereocenters. The fraction of sp³-hybridized carbons (Fsp3) is 0.0952. The molecule has 0 aliphatic rings. The standard InChI is InChI=1S/C21H18ClFN2O3S/c1-13-6-8-18(10-14(13)2)25-29(27,28)20-11-15(7-9-19(20)22)21(26)24-17-5-3-4-16(23)12-17/h3-12,25H,1-2H3,(H,24,26). The minimum absolute atomic E-state index is 0.0244. The Kier molecular flexibility index (Phi) is 5.91. The van der Waals surface area contributed by atoms with Gasteiger partial charge in [0, 0.05) is 16.9 Å². The zero-order valence-corrected chi connectivity index (χ0v) is 17.2. The van der Waals surface area contributed by atoms with Gasteiger partial charge < -0.3 is 5.32 Å². The van der Waals surface area contributed by atoms with Crippen molar-refractivity contribution in [1.29, 1.82) is 0 Å². The van der Waals surface area contributed by atoms with Crippen LogP contribution in [-0.2, 0) is 10.0 Å². The molecule has 0 aromatic heterocycles. The van der Waals surface area contributed by atoms with Crippen molar-refractivity contribution in [1.82, 2.24) is 0 Å². The van der Waals surface area contributed by atoms with Gasteiger partial charge in [-0.15, -0.1) is 0 Å². The molecule has 0 spiro atoms. The molecule has 0 saturated heterocycles. The van der Waals surface area contributed by atoms with E-state index in [1.807, 2.05) is 13.8 Å². The van der Waals surface area contributed by atoms with Crippen LogP contribution in [0, 0.1) is 19.7 Å². The summed E-state index contributed by atoms with van der Waals surface area (Å²) in [6.07, 6.45) is 0. The molecule has 0 fully saturated rings. The third kappa shape index (κ3) is 4.93. The van der Waals surface area contributed by atoms with Crippen molar-refractivity contribution in [3.63, 3.8) is 0 Å². The zero-order chi connectivity index (χ0) is 21.2. The van der Waals surface area contributed by atoms with Crippen molar-refractivity contribution in [3.8, 4) is 0 Å². The van der Waals surface area contributed by atoms with Crippen LogP contribution in [0.3, 0.4) is 0 Å². The van der Waals surface area contributed by atoms with Crippen LogP contribution >= 0.6 is 11.6 Å². The molecule has 29 heavy (non-hydrogen) atoms. The van der Waals surface area contributed by atoms with Crippen LogP contribution in [0.4, 0.5) is 15.8 Å². The Morgan fingerprint density at radius 2 is 1.69 bits per heavy atom. The highest BCUT2D eigenvalue weighted by molar-refractivity contribution is 7.92. The maximum absolute atomic E-state index is 13.3. The van der Waals surface area contributed by atoms with Gasteiger partial charge in [0.15, 0.2) is 0 Å². The number of sulfonamides is 1. The molecule has 0 heterocycles. The molecule has 3 aromatic carbocycles. The predicted molar refractivity (Wildman–Crippen MR) is 113 cm³/mol. The molecular weight excluding hydrogens is 415 g/mol. The quantitative estimate of drug-likeness (QED) is 0.585. The third-order valence-corrected chi connectivity index (χ3v) is 6.19. The summed E-state index contributed by atoms with van der Waals surface area (Å²) in [6, 6.07) is 14.5. The number of hydrogen-bond acceptors (Lipinski definition) is 3. The maximum atomic E-state index is 13.3. The average Bonchev–Trinajstić information content (AvgIpc) is 2.64. The SMILES string of the molecule is Cc1ccc(NS(=O)(=O)c2cc(C(=O)Nc3cccc(F)c3)ccc2Cl)cc1C. The van der Waals surface area contributed by atoms with Crippen molar-refractivity contribution < 1.29 is 17.6 Å². The number of carbonyl (C=O) groups is 1. The molecule has 0 aliphatic carbocycles. The van der Waals surface area contributed by atoms with E-state index in [0.29, 0.717) is 5.69 Å². The van der Waals surface area contributed by atoms with E-state index in [0.717, 1.165) is 17.2 Å². The molecule has 0 bridgehead atoms. The minimum atomic E-state index is -4.03. The van der Waals surface area contributed by atoms with Crippen LogP contribution in [0.25, 0.3) is 0 Å². The third-order valence-electron chi connectivity index (χ3n) is 4.32. The van der Waals surface area contributed by atoms with Gasteiger partial charge in [0.2, 0.25) is 0 Å². The summed E-state index contributed by atoms with van der Waals surface area (Å²) in [6.45, 7) is 3.79. The Hall–Kier alpha value is -2.90. The monoisotopic (exact) mass is 432 g/mol. The van der Waals surface area contributed by atoms with Crippen molar-refractivity contribution in [3.05, 3.63) is 88.2 Å². The molecule has 0 radical (unpaired) electrons. The molecule has 0 saturated carbocycles. The molecule has 1 amide bonds. The van der Waals surface area contributed by atoms with Crippen molar-refractivity contribution in [2.75, 3.05) is 10.0 Å². The highest BCUT2D eigenvalue weighted by Crippen LogP contribution is 2.26. The molecule has 2 N–H and O–H groups in total. The first-order valence-electron chi connectivity index (χ1n) is 8.62. The van der Waals surface area contributed by atoms with Gasteiger partial charge in [0.1, 0.15) is 10.7 Å². The Morgan fingerprint density at radius 1 is 0.931 bits per heavy atom. The van der Waals surface area contributed by atoms with Gasteiger partial charge >= 0.3 is 0 Å². The second-order valence-corrected chi connectivity index (χ2v) is 8.57. The van der Waals surface area contributed by atoms with Crippen molar-refractivity contribution in [2.24, 2.45) is 0 Å². The molecule has 3 rings (SSSR count). The highest BCUT2D eigenvalue weighted by Gasteiger charge is 2.21. The van der Waals surface area contributed by atoms with E-state index < -0.39 is 21.7 Å². The number of rotatable bonds is 5. The van der Waals surface area contributed by atoms with Gasteiger partial charge in [-0.25, -0.2) is 12.8 Å². The number of hydrogen-bond donors (Lipinski definition) is 2. The summed E-state index contributed by atoms with van der Waals surface area (Å²) in [4.78, 5) is 12.2. The van der Waals surface area contributed by atoms with E-state index in [1.165, 1.54) is 36.4 Å². The first kappa shape index (κ1) is 20.8. The summed E-state index contributed by atoms with van der Waals surface area (Å²) < 4.78 is 41.4. The van der Waals surface area contributed by atoms with E-state index in [4.69, 9.17) is 11.6 Å². The summed E-state index contributed by atoms with van der Waals surface area (Å²) in [7, 11) is -4.03. The summed E-state index contributed by atoms with van der Waals surface area (Å²) in [5.74, 6) is -1.09. The molecule has 5 nitrogen and oxygen atoms in total. The molecule has 3 aromatic rings. The smallest absolute Gasteiger partial charge is 0.263 e. The highest BCUT2D eigenvalue weighted by atomic mass is 35.5. The van der Waals surface area contributed by atoms with E-state index in [-0.39, 0.29) is 21.2 Å². The number of halogens is 2. The second kappa shape index (κ2) is 8.23. The lowest BCUT2D eigenvalue weighted by Gasteiger charge is -2.12. The Bertz CT molecular complexity index is 1200. The van der Waals surface area contributed by atoms with Crippen molar-refractivity contribution >= 4 is 38.9 Å². The average molecular weight is 433 g/mol. The van der Waals surface area contributed by atoms with Crippen LogP contribution < -0.4 is 10.0 Å². The normalized spacial score (nSPS) is 11.2. The van der Waals surface area contributed by atoms with Gasteiger partial charge in [-0.2, -0.15) is 0 Å². The Morgan fingerprint density at radius 3 is 2.38 bits per heavy atom. The molecular formula is C21H18ClFN2O3S.